The van der Waals surface area contributed by atoms with Crippen molar-refractivity contribution >= 4 is 5.91 Å². The van der Waals surface area contributed by atoms with Gasteiger partial charge < -0.3 is 10.5 Å². The van der Waals surface area contributed by atoms with Crippen LogP contribution in [0, 0.1) is 0 Å². The lowest BCUT2D eigenvalue weighted by Gasteiger charge is -2.11. The fourth-order valence-electron chi connectivity index (χ4n) is 3.30. The molecule has 24 heavy (non-hydrogen) atoms. The van der Waals surface area contributed by atoms with Crippen molar-refractivity contribution in [1.82, 2.24) is 4.98 Å². The van der Waals surface area contributed by atoms with Crippen LogP contribution in [0.2, 0.25) is 0 Å². The number of carbonyl (C=O) groups excluding carboxylic acids is 1. The molecule has 118 valence electrons. The van der Waals surface area contributed by atoms with Gasteiger partial charge in [0, 0.05) is 23.5 Å². The molecule has 1 aliphatic carbocycles. The maximum absolute atomic E-state index is 12.0. The van der Waals surface area contributed by atoms with Gasteiger partial charge in [0.05, 0.1) is 7.11 Å². The van der Waals surface area contributed by atoms with E-state index in [1.165, 1.54) is 5.56 Å². The zero-order valence-corrected chi connectivity index (χ0v) is 13.2. The van der Waals surface area contributed by atoms with Gasteiger partial charge in [0.15, 0.2) is 0 Å². The molecule has 0 atom stereocenters. The minimum Gasteiger partial charge on any atom is -0.497 e. The summed E-state index contributed by atoms with van der Waals surface area (Å²) < 4.78 is 5.30. The second-order valence-corrected chi connectivity index (χ2v) is 5.86. The fourth-order valence-corrected chi connectivity index (χ4v) is 3.30. The molecular formula is C20H16N2O2. The molecule has 0 saturated carbocycles. The molecule has 0 saturated heterocycles. The average Bonchev–Trinajstić information content (AvgIpc) is 2.99. The molecule has 1 aromatic heterocycles. The Morgan fingerprint density at radius 2 is 2.00 bits per heavy atom. The summed E-state index contributed by atoms with van der Waals surface area (Å²) in [6.45, 7) is 0. The van der Waals surface area contributed by atoms with Crippen molar-refractivity contribution in [2.75, 3.05) is 7.11 Å². The Morgan fingerprint density at radius 1 is 1.12 bits per heavy atom. The highest BCUT2D eigenvalue weighted by Crippen LogP contribution is 2.40. The summed E-state index contributed by atoms with van der Waals surface area (Å²) in [6.07, 6.45) is 4.34. The van der Waals surface area contributed by atoms with Crippen LogP contribution in [0.5, 0.6) is 5.75 Å². The maximum Gasteiger partial charge on any atom is 0.249 e. The summed E-state index contributed by atoms with van der Waals surface area (Å²) in [4.78, 5) is 16.2. The lowest BCUT2D eigenvalue weighted by Crippen LogP contribution is -2.13. The van der Waals surface area contributed by atoms with E-state index in [-0.39, 0.29) is 0 Å². The van der Waals surface area contributed by atoms with Crippen molar-refractivity contribution in [3.8, 4) is 28.0 Å². The number of rotatable bonds is 3. The molecule has 2 N–H and O–H groups in total. The predicted molar refractivity (Wildman–Crippen MR) is 93.0 cm³/mol. The largest absolute Gasteiger partial charge is 0.497 e. The van der Waals surface area contributed by atoms with Gasteiger partial charge in [-0.05, 0) is 64.6 Å². The SMILES string of the molecule is COc1cccc(-c2cc(C(N)=O)c3c(c2)-c2cnccc2C3)c1. The number of hydrogen-bond acceptors (Lipinski definition) is 3. The molecule has 4 heteroatoms. The Bertz CT molecular complexity index is 964. The summed E-state index contributed by atoms with van der Waals surface area (Å²) in [5.74, 6) is 0.368. The van der Waals surface area contributed by atoms with E-state index in [1.54, 1.807) is 13.3 Å². The number of nitrogens with zero attached hydrogens (tertiary/aromatic N) is 1. The van der Waals surface area contributed by atoms with Crippen LogP contribution >= 0.6 is 0 Å². The van der Waals surface area contributed by atoms with Gasteiger partial charge in [-0.2, -0.15) is 0 Å². The maximum atomic E-state index is 12.0. The number of methoxy groups -OCH3 is 1. The van der Waals surface area contributed by atoms with Gasteiger partial charge >= 0.3 is 0 Å². The molecule has 4 rings (SSSR count). The molecule has 1 heterocycles. The molecule has 1 aliphatic rings. The Balaban J connectivity index is 1.95. The molecule has 1 amide bonds. The monoisotopic (exact) mass is 316 g/mol. The number of amides is 1. The molecule has 0 fully saturated rings. The number of benzene rings is 2. The van der Waals surface area contributed by atoms with Gasteiger partial charge in [-0.25, -0.2) is 0 Å². The third-order valence-electron chi connectivity index (χ3n) is 4.49. The first-order valence-corrected chi connectivity index (χ1v) is 7.72. The summed E-state index contributed by atoms with van der Waals surface area (Å²) in [5, 5.41) is 0. The van der Waals surface area contributed by atoms with E-state index in [0.717, 1.165) is 33.6 Å². The zero-order valence-electron chi connectivity index (χ0n) is 13.2. The number of fused-ring (bicyclic) bond motifs is 3. The minimum atomic E-state index is -0.406. The average molecular weight is 316 g/mol. The van der Waals surface area contributed by atoms with Crippen molar-refractivity contribution < 1.29 is 9.53 Å². The lowest BCUT2D eigenvalue weighted by molar-refractivity contribution is 0.0999. The van der Waals surface area contributed by atoms with Crippen LogP contribution in [0.1, 0.15) is 21.5 Å². The molecule has 0 radical (unpaired) electrons. The Kier molecular flexibility index (Phi) is 3.31. The van der Waals surface area contributed by atoms with E-state index in [1.807, 2.05) is 42.6 Å². The molecule has 2 aromatic carbocycles. The smallest absolute Gasteiger partial charge is 0.249 e. The second kappa shape index (κ2) is 5.49. The van der Waals surface area contributed by atoms with E-state index < -0.39 is 5.91 Å². The standard InChI is InChI=1S/C20H16N2O2/c1-24-15-4-2-3-12(7-15)14-9-17-16(18(10-14)20(21)23)8-13-5-6-22-11-19(13)17/h2-7,9-11H,8H2,1H3,(H2,21,23). The zero-order chi connectivity index (χ0) is 16.7. The molecule has 4 nitrogen and oxygen atoms in total. The third-order valence-corrected chi connectivity index (χ3v) is 4.49. The molecule has 0 aliphatic heterocycles. The first-order chi connectivity index (χ1) is 11.7. The second-order valence-electron chi connectivity index (χ2n) is 5.86. The molecule has 0 unspecified atom stereocenters. The summed E-state index contributed by atoms with van der Waals surface area (Å²) in [6, 6.07) is 13.7. The third kappa shape index (κ3) is 2.24. The van der Waals surface area contributed by atoms with E-state index >= 15 is 0 Å². The predicted octanol–water partition coefficient (Wildman–Crippen LogP) is 3.43. The number of aromatic nitrogens is 1. The number of ether oxygens (including phenoxy) is 1. The summed E-state index contributed by atoms with van der Waals surface area (Å²) in [7, 11) is 1.64. The van der Waals surface area contributed by atoms with Gasteiger partial charge in [0.1, 0.15) is 5.75 Å². The van der Waals surface area contributed by atoms with Crippen LogP contribution in [-0.2, 0) is 6.42 Å². The first-order valence-electron chi connectivity index (χ1n) is 7.72. The molecule has 0 bridgehead atoms. The van der Waals surface area contributed by atoms with Gasteiger partial charge in [-0.3, -0.25) is 9.78 Å². The Labute approximate surface area is 139 Å². The molecule has 3 aromatic rings. The summed E-state index contributed by atoms with van der Waals surface area (Å²) >= 11 is 0. The van der Waals surface area contributed by atoms with Gasteiger partial charge in [-0.15, -0.1) is 0 Å². The number of pyridine rings is 1. The van der Waals surface area contributed by atoms with Gasteiger partial charge in [-0.1, -0.05) is 12.1 Å². The van der Waals surface area contributed by atoms with E-state index in [9.17, 15) is 4.79 Å². The van der Waals surface area contributed by atoms with Gasteiger partial charge in [0.2, 0.25) is 5.91 Å². The highest BCUT2D eigenvalue weighted by Gasteiger charge is 2.24. The molecule has 0 spiro atoms. The number of carbonyl (C=O) groups is 1. The number of hydrogen-bond donors (Lipinski definition) is 1. The Hall–Kier alpha value is -3.14. The van der Waals surface area contributed by atoms with Crippen LogP contribution in [0.25, 0.3) is 22.3 Å². The normalized spacial score (nSPS) is 11.7. The first kappa shape index (κ1) is 14.5. The quantitative estimate of drug-likeness (QED) is 0.630. The highest BCUT2D eigenvalue weighted by molar-refractivity contribution is 6.00. The lowest BCUT2D eigenvalue weighted by atomic mass is 9.94. The van der Waals surface area contributed by atoms with Gasteiger partial charge in [0.25, 0.3) is 0 Å². The van der Waals surface area contributed by atoms with Crippen molar-refractivity contribution in [2.45, 2.75) is 6.42 Å². The van der Waals surface area contributed by atoms with Crippen LogP contribution in [0.3, 0.4) is 0 Å². The fraction of sp³-hybridized carbons (Fsp3) is 0.100. The number of nitrogens with two attached hydrogens (primary N) is 1. The van der Waals surface area contributed by atoms with E-state index in [2.05, 4.69) is 11.1 Å². The summed E-state index contributed by atoms with van der Waals surface area (Å²) in [5.41, 5.74) is 12.4. The topological polar surface area (TPSA) is 65.2 Å². The van der Waals surface area contributed by atoms with E-state index in [4.69, 9.17) is 10.5 Å². The van der Waals surface area contributed by atoms with Crippen molar-refractivity contribution in [1.29, 1.82) is 0 Å². The van der Waals surface area contributed by atoms with Crippen LogP contribution < -0.4 is 10.5 Å². The Morgan fingerprint density at radius 3 is 2.79 bits per heavy atom. The van der Waals surface area contributed by atoms with Crippen LogP contribution in [0.15, 0.2) is 54.9 Å². The van der Waals surface area contributed by atoms with Crippen LogP contribution in [0.4, 0.5) is 0 Å². The highest BCUT2D eigenvalue weighted by atomic mass is 16.5. The minimum absolute atomic E-state index is 0.406. The van der Waals surface area contributed by atoms with Crippen molar-refractivity contribution in [2.24, 2.45) is 5.73 Å². The van der Waals surface area contributed by atoms with Crippen molar-refractivity contribution in [3.63, 3.8) is 0 Å². The van der Waals surface area contributed by atoms with Crippen LogP contribution in [-0.4, -0.2) is 18.0 Å². The number of primary amides is 1. The van der Waals surface area contributed by atoms with Crippen molar-refractivity contribution in [3.05, 3.63) is 71.5 Å². The van der Waals surface area contributed by atoms with E-state index in [0.29, 0.717) is 12.0 Å². The molecular weight excluding hydrogens is 300 g/mol.